The molecule has 1 aromatic carbocycles. The number of piperidine rings is 1. The van der Waals surface area contributed by atoms with E-state index < -0.39 is 5.60 Å². The van der Waals surface area contributed by atoms with Crippen LogP contribution >= 0.6 is 0 Å². The third kappa shape index (κ3) is 3.90. The van der Waals surface area contributed by atoms with Crippen molar-refractivity contribution in [3.8, 4) is 0 Å². The Kier molecular flexibility index (Phi) is 4.97. The molecule has 1 amide bonds. The van der Waals surface area contributed by atoms with E-state index in [1.165, 1.54) is 25.0 Å². The lowest BCUT2D eigenvalue weighted by Crippen LogP contribution is -2.58. The fourth-order valence-corrected chi connectivity index (χ4v) is 3.63. The van der Waals surface area contributed by atoms with Crippen LogP contribution in [-0.2, 0) is 11.3 Å². The van der Waals surface area contributed by atoms with Gasteiger partial charge in [-0.05, 0) is 43.4 Å². The molecule has 2 aliphatic rings. The molecule has 0 unspecified atom stereocenters. The number of likely N-dealkylation sites (tertiary alicyclic amines) is 1. The number of nitrogens with zero attached hydrogens (tertiary/aromatic N) is 1. The van der Waals surface area contributed by atoms with Gasteiger partial charge in [0.25, 0.3) is 5.91 Å². The van der Waals surface area contributed by atoms with Gasteiger partial charge in [-0.3, -0.25) is 4.79 Å². The number of hydrogen-bond donors (Lipinski definition) is 2. The maximum atomic E-state index is 13.0. The lowest BCUT2D eigenvalue weighted by Gasteiger charge is -2.39. The summed E-state index contributed by atoms with van der Waals surface area (Å²) in [5.41, 5.74) is -0.423. The van der Waals surface area contributed by atoms with Gasteiger partial charge in [-0.2, -0.15) is 0 Å². The lowest BCUT2D eigenvalue weighted by molar-refractivity contribution is -0.157. The van der Waals surface area contributed by atoms with Crippen molar-refractivity contribution >= 4 is 5.91 Å². The molecule has 1 heterocycles. The predicted molar refractivity (Wildman–Crippen MR) is 86.3 cm³/mol. The van der Waals surface area contributed by atoms with Crippen molar-refractivity contribution in [3.63, 3.8) is 0 Å². The first-order valence-electron chi connectivity index (χ1n) is 8.56. The molecule has 0 bridgehead atoms. The van der Waals surface area contributed by atoms with Crippen LogP contribution in [0.15, 0.2) is 24.3 Å². The SMILES string of the molecule is O=C1N(Cc2ccc(F)cc2)CCC[C@]1(O)CNC1CCCC1. The average molecular weight is 320 g/mol. The van der Waals surface area contributed by atoms with Crippen LogP contribution < -0.4 is 5.32 Å². The monoisotopic (exact) mass is 320 g/mol. The molecule has 2 N–H and O–H groups in total. The second kappa shape index (κ2) is 6.97. The molecular formula is C18H25FN2O2. The number of benzene rings is 1. The Morgan fingerprint density at radius 2 is 1.91 bits per heavy atom. The average Bonchev–Trinajstić information content (AvgIpc) is 3.06. The molecule has 1 saturated heterocycles. The molecule has 3 rings (SSSR count). The maximum Gasteiger partial charge on any atom is 0.256 e. The first-order valence-corrected chi connectivity index (χ1v) is 8.56. The van der Waals surface area contributed by atoms with E-state index in [1.807, 2.05) is 0 Å². The normalized spacial score (nSPS) is 26.0. The highest BCUT2D eigenvalue weighted by atomic mass is 19.1. The van der Waals surface area contributed by atoms with Crippen LogP contribution in [0.3, 0.4) is 0 Å². The van der Waals surface area contributed by atoms with Gasteiger partial charge in [0.2, 0.25) is 0 Å². The van der Waals surface area contributed by atoms with Crippen LogP contribution in [0.4, 0.5) is 4.39 Å². The smallest absolute Gasteiger partial charge is 0.256 e. The number of aliphatic hydroxyl groups is 1. The van der Waals surface area contributed by atoms with Crippen LogP contribution in [-0.4, -0.2) is 40.6 Å². The summed E-state index contributed by atoms with van der Waals surface area (Å²) < 4.78 is 13.0. The molecule has 1 aliphatic carbocycles. The second-order valence-electron chi connectivity index (χ2n) is 6.85. The fourth-order valence-electron chi connectivity index (χ4n) is 3.63. The number of halogens is 1. The minimum atomic E-state index is -1.30. The van der Waals surface area contributed by atoms with Crippen molar-refractivity contribution in [2.24, 2.45) is 0 Å². The molecule has 126 valence electrons. The molecule has 1 aliphatic heterocycles. The largest absolute Gasteiger partial charge is 0.379 e. The quantitative estimate of drug-likeness (QED) is 0.874. The molecule has 1 atom stereocenters. The summed E-state index contributed by atoms with van der Waals surface area (Å²) in [5, 5.41) is 14.1. The third-order valence-electron chi connectivity index (χ3n) is 5.03. The first-order chi connectivity index (χ1) is 11.1. The Bertz CT molecular complexity index is 542. The van der Waals surface area contributed by atoms with Gasteiger partial charge in [0.15, 0.2) is 5.60 Å². The van der Waals surface area contributed by atoms with Crippen LogP contribution in [0.25, 0.3) is 0 Å². The molecule has 5 heteroatoms. The van der Waals surface area contributed by atoms with Crippen LogP contribution in [0.1, 0.15) is 44.1 Å². The van der Waals surface area contributed by atoms with Crippen molar-refractivity contribution in [3.05, 3.63) is 35.6 Å². The molecule has 0 aromatic heterocycles. The number of hydrogen-bond acceptors (Lipinski definition) is 3. The molecular weight excluding hydrogens is 295 g/mol. The molecule has 1 saturated carbocycles. The number of rotatable bonds is 5. The number of amides is 1. The third-order valence-corrected chi connectivity index (χ3v) is 5.03. The van der Waals surface area contributed by atoms with Crippen molar-refractivity contribution in [2.45, 2.75) is 56.7 Å². The zero-order valence-corrected chi connectivity index (χ0v) is 13.4. The van der Waals surface area contributed by atoms with Gasteiger partial charge in [-0.25, -0.2) is 4.39 Å². The fraction of sp³-hybridized carbons (Fsp3) is 0.611. The number of carbonyl (C=O) groups excluding carboxylic acids is 1. The van der Waals surface area contributed by atoms with E-state index in [1.54, 1.807) is 17.0 Å². The van der Waals surface area contributed by atoms with E-state index in [0.717, 1.165) is 24.8 Å². The van der Waals surface area contributed by atoms with Gasteiger partial charge < -0.3 is 15.3 Å². The highest BCUT2D eigenvalue weighted by Gasteiger charge is 2.42. The Morgan fingerprint density at radius 3 is 2.61 bits per heavy atom. The Balaban J connectivity index is 1.61. The minimum Gasteiger partial charge on any atom is -0.379 e. The standard InChI is InChI=1S/C18H25FN2O2/c19-15-8-6-14(7-9-15)12-21-11-3-10-18(23,17(21)22)13-20-16-4-1-2-5-16/h6-9,16,20,23H,1-5,10-13H2/t18-/m0/s1. The zero-order valence-electron chi connectivity index (χ0n) is 13.4. The van der Waals surface area contributed by atoms with E-state index in [2.05, 4.69) is 5.32 Å². The van der Waals surface area contributed by atoms with Crippen LogP contribution in [0, 0.1) is 5.82 Å². The van der Waals surface area contributed by atoms with Crippen molar-refractivity contribution in [2.75, 3.05) is 13.1 Å². The van der Waals surface area contributed by atoms with E-state index >= 15 is 0 Å². The summed E-state index contributed by atoms with van der Waals surface area (Å²) in [6, 6.07) is 6.61. The highest BCUT2D eigenvalue weighted by molar-refractivity contribution is 5.86. The molecule has 23 heavy (non-hydrogen) atoms. The number of nitrogens with one attached hydrogen (secondary N) is 1. The van der Waals surface area contributed by atoms with Gasteiger partial charge in [0.05, 0.1) is 0 Å². The zero-order chi connectivity index (χ0) is 16.3. The molecule has 2 fully saturated rings. The summed E-state index contributed by atoms with van der Waals surface area (Å²) in [6.07, 6.45) is 6.00. The molecule has 0 radical (unpaired) electrons. The van der Waals surface area contributed by atoms with Gasteiger partial charge >= 0.3 is 0 Å². The van der Waals surface area contributed by atoms with Crippen LogP contribution in [0.2, 0.25) is 0 Å². The van der Waals surface area contributed by atoms with Gasteiger partial charge in [-0.15, -0.1) is 0 Å². The summed E-state index contributed by atoms with van der Waals surface area (Å²) >= 11 is 0. The first kappa shape index (κ1) is 16.4. The van der Waals surface area contributed by atoms with Crippen LogP contribution in [0.5, 0.6) is 0 Å². The Labute approximate surface area is 136 Å². The van der Waals surface area contributed by atoms with E-state index in [4.69, 9.17) is 0 Å². The van der Waals surface area contributed by atoms with E-state index in [9.17, 15) is 14.3 Å². The maximum absolute atomic E-state index is 13.0. The van der Waals surface area contributed by atoms with Crippen molar-refractivity contribution < 1.29 is 14.3 Å². The highest BCUT2D eigenvalue weighted by Crippen LogP contribution is 2.25. The summed E-state index contributed by atoms with van der Waals surface area (Å²) in [5.74, 6) is -0.491. The van der Waals surface area contributed by atoms with Gasteiger partial charge in [0, 0.05) is 25.7 Å². The second-order valence-corrected chi connectivity index (χ2v) is 6.85. The Morgan fingerprint density at radius 1 is 1.22 bits per heavy atom. The lowest BCUT2D eigenvalue weighted by atomic mass is 9.91. The summed E-state index contributed by atoms with van der Waals surface area (Å²) in [6.45, 7) is 1.39. The summed E-state index contributed by atoms with van der Waals surface area (Å²) in [4.78, 5) is 14.4. The predicted octanol–water partition coefficient (Wildman–Crippen LogP) is 2.21. The van der Waals surface area contributed by atoms with E-state index in [0.29, 0.717) is 32.1 Å². The summed E-state index contributed by atoms with van der Waals surface area (Å²) in [7, 11) is 0. The molecule has 4 nitrogen and oxygen atoms in total. The van der Waals surface area contributed by atoms with E-state index in [-0.39, 0.29) is 11.7 Å². The topological polar surface area (TPSA) is 52.6 Å². The Hall–Kier alpha value is -1.46. The van der Waals surface area contributed by atoms with Crippen molar-refractivity contribution in [1.82, 2.24) is 10.2 Å². The van der Waals surface area contributed by atoms with Crippen molar-refractivity contribution in [1.29, 1.82) is 0 Å². The molecule has 1 aromatic rings. The minimum absolute atomic E-state index is 0.210. The van der Waals surface area contributed by atoms with Gasteiger partial charge in [0.1, 0.15) is 5.82 Å². The molecule has 0 spiro atoms. The van der Waals surface area contributed by atoms with Gasteiger partial charge in [-0.1, -0.05) is 25.0 Å². The number of carbonyl (C=O) groups is 1.